The molecule has 0 unspecified atom stereocenters. The lowest BCUT2D eigenvalue weighted by molar-refractivity contribution is -0.0919. The molecule has 1 amide bonds. The van der Waals surface area contributed by atoms with Gasteiger partial charge in [-0.15, -0.1) is 0 Å². The zero-order valence-electron chi connectivity index (χ0n) is 11.6. The number of amides is 1. The minimum Gasteiger partial charge on any atom is -0.443 e. The third-order valence-electron chi connectivity index (χ3n) is 2.95. The highest BCUT2D eigenvalue weighted by molar-refractivity contribution is 5.66. The van der Waals surface area contributed by atoms with E-state index in [2.05, 4.69) is 12.1 Å². The van der Waals surface area contributed by atoms with Crippen LogP contribution in [0.15, 0.2) is 54.6 Å². The molecule has 0 aliphatic heterocycles. The average Bonchev–Trinajstić information content (AvgIpc) is 2.53. The maximum atomic E-state index is 11.4. The molecule has 0 aliphatic rings. The first kappa shape index (κ1) is 14.1. The number of hydrogen-bond donors (Lipinski definition) is 0. The van der Waals surface area contributed by atoms with Crippen LogP contribution in [0.4, 0.5) is 4.79 Å². The largest absolute Gasteiger partial charge is 0.443 e. The van der Waals surface area contributed by atoms with Crippen LogP contribution in [0.3, 0.4) is 0 Å². The Morgan fingerprint density at radius 3 is 2.20 bits per heavy atom. The minimum atomic E-state index is -0.514. The van der Waals surface area contributed by atoms with E-state index in [-0.39, 0.29) is 6.61 Å². The first-order valence-electron chi connectivity index (χ1n) is 6.29. The molecule has 0 atom stereocenters. The van der Waals surface area contributed by atoms with Crippen molar-refractivity contribution in [3.63, 3.8) is 0 Å². The van der Waals surface area contributed by atoms with Crippen LogP contribution in [0.5, 0.6) is 0 Å². The summed E-state index contributed by atoms with van der Waals surface area (Å²) in [7, 11) is 2.91. The van der Waals surface area contributed by atoms with Gasteiger partial charge in [0.15, 0.2) is 0 Å². The van der Waals surface area contributed by atoms with Gasteiger partial charge in [-0.25, -0.2) is 4.79 Å². The highest BCUT2D eigenvalue weighted by Crippen LogP contribution is 2.19. The molecule has 0 fully saturated rings. The summed E-state index contributed by atoms with van der Waals surface area (Å²) < 4.78 is 5.09. The van der Waals surface area contributed by atoms with Crippen molar-refractivity contribution in [3.8, 4) is 11.1 Å². The molecule has 0 spiro atoms. The zero-order valence-corrected chi connectivity index (χ0v) is 11.6. The van der Waals surface area contributed by atoms with E-state index >= 15 is 0 Å². The van der Waals surface area contributed by atoms with Crippen molar-refractivity contribution in [2.24, 2.45) is 0 Å². The molecule has 0 N–H and O–H groups in total. The van der Waals surface area contributed by atoms with Crippen LogP contribution in [-0.2, 0) is 16.2 Å². The number of rotatable bonds is 4. The summed E-state index contributed by atoms with van der Waals surface area (Å²) in [6, 6.07) is 18.0. The highest BCUT2D eigenvalue weighted by Gasteiger charge is 2.08. The SMILES string of the molecule is CON(C)C(=O)OCc1ccc(-c2ccccc2)cc1. The lowest BCUT2D eigenvalue weighted by Gasteiger charge is -2.13. The van der Waals surface area contributed by atoms with E-state index in [4.69, 9.17) is 9.57 Å². The number of nitrogens with zero attached hydrogens (tertiary/aromatic N) is 1. The molecular formula is C16H17NO3. The van der Waals surface area contributed by atoms with Gasteiger partial charge in [-0.1, -0.05) is 54.6 Å². The molecule has 0 bridgehead atoms. The van der Waals surface area contributed by atoms with Gasteiger partial charge in [-0.05, 0) is 16.7 Å². The van der Waals surface area contributed by atoms with Gasteiger partial charge < -0.3 is 4.74 Å². The van der Waals surface area contributed by atoms with E-state index in [1.165, 1.54) is 14.2 Å². The maximum absolute atomic E-state index is 11.4. The predicted molar refractivity (Wildman–Crippen MR) is 76.8 cm³/mol. The number of carbonyl (C=O) groups is 1. The molecule has 2 rings (SSSR count). The Bertz CT molecular complexity index is 552. The molecule has 0 saturated carbocycles. The first-order chi connectivity index (χ1) is 9.70. The van der Waals surface area contributed by atoms with Crippen LogP contribution in [0.25, 0.3) is 11.1 Å². The molecule has 0 aliphatic carbocycles. The molecule has 4 heteroatoms. The van der Waals surface area contributed by atoms with Gasteiger partial charge in [-0.2, -0.15) is 5.06 Å². The van der Waals surface area contributed by atoms with Crippen LogP contribution in [-0.4, -0.2) is 25.3 Å². The smallest absolute Gasteiger partial charge is 0.433 e. The van der Waals surface area contributed by atoms with Crippen molar-refractivity contribution in [3.05, 3.63) is 60.2 Å². The fourth-order valence-corrected chi connectivity index (χ4v) is 1.73. The van der Waals surface area contributed by atoms with E-state index in [1.54, 1.807) is 0 Å². The summed E-state index contributed by atoms with van der Waals surface area (Å²) in [5.74, 6) is 0. The Balaban J connectivity index is 1.97. The van der Waals surface area contributed by atoms with Gasteiger partial charge in [0, 0.05) is 7.05 Å². The lowest BCUT2D eigenvalue weighted by atomic mass is 10.0. The number of hydroxylamine groups is 2. The minimum absolute atomic E-state index is 0.224. The summed E-state index contributed by atoms with van der Waals surface area (Å²) in [6.45, 7) is 0.224. The molecule has 0 saturated heterocycles. The van der Waals surface area contributed by atoms with E-state index < -0.39 is 6.09 Å². The zero-order chi connectivity index (χ0) is 14.4. The second kappa shape index (κ2) is 6.73. The Hall–Kier alpha value is -2.33. The van der Waals surface area contributed by atoms with Gasteiger partial charge in [0.2, 0.25) is 0 Å². The van der Waals surface area contributed by atoms with Crippen molar-refractivity contribution in [1.29, 1.82) is 0 Å². The highest BCUT2D eigenvalue weighted by atomic mass is 16.7. The lowest BCUT2D eigenvalue weighted by Crippen LogP contribution is -2.26. The van der Waals surface area contributed by atoms with Gasteiger partial charge in [-0.3, -0.25) is 4.84 Å². The quantitative estimate of drug-likeness (QED) is 0.799. The summed E-state index contributed by atoms with van der Waals surface area (Å²) in [5.41, 5.74) is 3.23. The third kappa shape index (κ3) is 3.59. The number of carbonyl (C=O) groups excluding carboxylic acids is 1. The van der Waals surface area contributed by atoms with Crippen LogP contribution < -0.4 is 0 Å². The Morgan fingerprint density at radius 2 is 1.60 bits per heavy atom. The molecule has 104 valence electrons. The summed E-state index contributed by atoms with van der Waals surface area (Å²) in [4.78, 5) is 16.2. The van der Waals surface area contributed by atoms with E-state index in [0.717, 1.165) is 21.8 Å². The van der Waals surface area contributed by atoms with Crippen molar-refractivity contribution < 1.29 is 14.4 Å². The maximum Gasteiger partial charge on any atom is 0.433 e. The third-order valence-corrected chi connectivity index (χ3v) is 2.95. The average molecular weight is 271 g/mol. The molecule has 2 aromatic carbocycles. The molecule has 2 aromatic rings. The molecule has 0 aromatic heterocycles. The van der Waals surface area contributed by atoms with Gasteiger partial charge in [0.1, 0.15) is 6.61 Å². The van der Waals surface area contributed by atoms with Crippen molar-refractivity contribution >= 4 is 6.09 Å². The topological polar surface area (TPSA) is 38.8 Å². The van der Waals surface area contributed by atoms with Crippen molar-refractivity contribution in [2.75, 3.05) is 14.2 Å². The molecule has 0 radical (unpaired) electrons. The fourth-order valence-electron chi connectivity index (χ4n) is 1.73. The van der Waals surface area contributed by atoms with Crippen LogP contribution in [0, 0.1) is 0 Å². The predicted octanol–water partition coefficient (Wildman–Crippen LogP) is 3.48. The van der Waals surface area contributed by atoms with E-state index in [1.807, 2.05) is 42.5 Å². The molecule has 4 nitrogen and oxygen atoms in total. The molecule has 0 heterocycles. The monoisotopic (exact) mass is 271 g/mol. The van der Waals surface area contributed by atoms with E-state index in [9.17, 15) is 4.79 Å². The van der Waals surface area contributed by atoms with Crippen LogP contribution in [0.1, 0.15) is 5.56 Å². The second-order valence-corrected chi connectivity index (χ2v) is 4.30. The Kier molecular flexibility index (Phi) is 4.74. The van der Waals surface area contributed by atoms with Crippen molar-refractivity contribution in [1.82, 2.24) is 5.06 Å². The van der Waals surface area contributed by atoms with Gasteiger partial charge in [0.25, 0.3) is 0 Å². The standard InChI is InChI=1S/C16H17NO3/c1-17(19-2)16(18)20-12-13-8-10-15(11-9-13)14-6-4-3-5-7-14/h3-11H,12H2,1-2H3. The number of benzene rings is 2. The first-order valence-corrected chi connectivity index (χ1v) is 6.29. The van der Waals surface area contributed by atoms with Gasteiger partial charge in [0.05, 0.1) is 7.11 Å². The van der Waals surface area contributed by atoms with Crippen molar-refractivity contribution in [2.45, 2.75) is 6.61 Å². The summed E-state index contributed by atoms with van der Waals surface area (Å²) in [5, 5.41) is 1.04. The van der Waals surface area contributed by atoms with Crippen LogP contribution in [0.2, 0.25) is 0 Å². The second-order valence-electron chi connectivity index (χ2n) is 4.30. The van der Waals surface area contributed by atoms with Crippen LogP contribution >= 0.6 is 0 Å². The van der Waals surface area contributed by atoms with Gasteiger partial charge >= 0.3 is 6.09 Å². The normalized spacial score (nSPS) is 10.1. The van der Waals surface area contributed by atoms with E-state index in [0.29, 0.717) is 0 Å². The molecular weight excluding hydrogens is 254 g/mol. The Labute approximate surface area is 118 Å². The molecule has 20 heavy (non-hydrogen) atoms. The summed E-state index contributed by atoms with van der Waals surface area (Å²) in [6.07, 6.45) is -0.514. The summed E-state index contributed by atoms with van der Waals surface area (Å²) >= 11 is 0. The Morgan fingerprint density at radius 1 is 1.00 bits per heavy atom. The number of ether oxygens (including phenoxy) is 1. The number of hydrogen-bond acceptors (Lipinski definition) is 3. The fraction of sp³-hybridized carbons (Fsp3) is 0.188.